The zero-order chi connectivity index (χ0) is 17.6. The molecule has 0 unspecified atom stereocenters. The molecule has 2 heteroatoms. The van der Waals surface area contributed by atoms with Crippen LogP contribution in [0.25, 0.3) is 16.8 Å². The zero-order valence-electron chi connectivity index (χ0n) is 15.0. The molecule has 4 aromatic carbocycles. The van der Waals surface area contributed by atoms with Crippen molar-refractivity contribution in [1.29, 1.82) is 0 Å². The highest BCUT2D eigenvalue weighted by Gasteiger charge is 2.06. The van der Waals surface area contributed by atoms with Crippen LogP contribution in [0.4, 0.5) is 0 Å². The predicted molar refractivity (Wildman–Crippen MR) is 115 cm³/mol. The van der Waals surface area contributed by atoms with E-state index in [1.54, 1.807) is 0 Å². The average molecular weight is 365 g/mol. The molecule has 0 bridgehead atoms. The van der Waals surface area contributed by atoms with E-state index in [1.807, 2.05) is 60.7 Å². The first-order chi connectivity index (χ1) is 12.9. The Morgan fingerprint density at radius 2 is 1.19 bits per heavy atom. The first kappa shape index (κ1) is 18.7. The number of hydrogen-bond acceptors (Lipinski definition) is 1. The third kappa shape index (κ3) is 4.55. The molecule has 4 radical (unpaired) electrons. The summed E-state index contributed by atoms with van der Waals surface area (Å²) in [7, 11) is 0. The summed E-state index contributed by atoms with van der Waals surface area (Å²) in [5.74, 6) is 1.74. The lowest BCUT2D eigenvalue weighted by Crippen LogP contribution is -1.91. The van der Waals surface area contributed by atoms with E-state index < -0.39 is 0 Å². The molecule has 130 valence electrons. The molecule has 4 aromatic rings. The Morgan fingerprint density at radius 1 is 0.593 bits per heavy atom. The number of ether oxygens (including phenoxy) is 1. The minimum absolute atomic E-state index is 0. The molecule has 1 aliphatic carbocycles. The highest BCUT2D eigenvalue weighted by molar-refractivity contribution is 5.94. The molecule has 0 fully saturated rings. The van der Waals surface area contributed by atoms with Gasteiger partial charge in [0.05, 0.1) is 0 Å². The van der Waals surface area contributed by atoms with E-state index in [9.17, 15) is 0 Å². The van der Waals surface area contributed by atoms with Crippen molar-refractivity contribution in [3.05, 3.63) is 114 Å². The van der Waals surface area contributed by atoms with Crippen LogP contribution in [-0.2, 0) is 6.42 Å². The van der Waals surface area contributed by atoms with Crippen LogP contribution < -0.4 is 4.74 Å². The van der Waals surface area contributed by atoms with Gasteiger partial charge in [-0.1, -0.05) is 84.9 Å². The largest absolute Gasteiger partial charge is 0.457 e. The van der Waals surface area contributed by atoms with Crippen LogP contribution in [0.3, 0.4) is 0 Å². The molecule has 0 heterocycles. The van der Waals surface area contributed by atoms with E-state index in [1.165, 1.54) is 21.9 Å². The molecule has 0 spiro atoms. The van der Waals surface area contributed by atoms with Gasteiger partial charge in [-0.15, -0.1) is 0 Å². The lowest BCUT2D eigenvalue weighted by Gasteiger charge is -2.11. The molecule has 0 N–H and O–H groups in total. The number of para-hydroxylation sites is 2. The molecule has 1 aliphatic rings. The Labute approximate surface area is 165 Å². The molecule has 0 aromatic heterocycles. The van der Waals surface area contributed by atoms with Crippen molar-refractivity contribution in [1.82, 2.24) is 0 Å². The summed E-state index contributed by atoms with van der Waals surface area (Å²) in [6.45, 7) is 0. The van der Waals surface area contributed by atoms with Gasteiger partial charge in [0, 0.05) is 11.0 Å². The van der Waals surface area contributed by atoms with Crippen LogP contribution >= 0.6 is 0 Å². The summed E-state index contributed by atoms with van der Waals surface area (Å²) in [5.41, 5.74) is 2.81. The fourth-order valence-electron chi connectivity index (χ4n) is 3.18. The monoisotopic (exact) mass is 364 g/mol. The van der Waals surface area contributed by atoms with E-state index in [2.05, 4.69) is 48.6 Å². The SMILES string of the molecule is C1=Cc2cccc3cccc(c23)C1.[Si].c1ccc(Oc2ccccc2)cc1. The second-order valence-corrected chi connectivity index (χ2v) is 6.20. The summed E-state index contributed by atoms with van der Waals surface area (Å²) in [5, 5.41) is 2.80. The number of rotatable bonds is 2. The number of allylic oxidation sites excluding steroid dienone is 1. The van der Waals surface area contributed by atoms with Crippen molar-refractivity contribution in [3.63, 3.8) is 0 Å². The number of hydrogen-bond donors (Lipinski definition) is 0. The quantitative estimate of drug-likeness (QED) is 0.369. The molecule has 0 saturated heterocycles. The fraction of sp³-hybridized carbons (Fsp3) is 0.0400. The second-order valence-electron chi connectivity index (χ2n) is 6.20. The Kier molecular flexibility index (Phi) is 6.24. The van der Waals surface area contributed by atoms with Crippen molar-refractivity contribution in [2.24, 2.45) is 0 Å². The Bertz CT molecular complexity index is 981. The van der Waals surface area contributed by atoms with Crippen molar-refractivity contribution in [2.45, 2.75) is 6.42 Å². The van der Waals surface area contributed by atoms with Gasteiger partial charge in [0.1, 0.15) is 11.5 Å². The first-order valence-corrected chi connectivity index (χ1v) is 8.85. The summed E-state index contributed by atoms with van der Waals surface area (Å²) in [6.07, 6.45) is 5.53. The van der Waals surface area contributed by atoms with E-state index in [4.69, 9.17) is 4.74 Å². The van der Waals surface area contributed by atoms with Gasteiger partial charge in [-0.05, 0) is 52.6 Å². The fourth-order valence-corrected chi connectivity index (χ4v) is 3.18. The van der Waals surface area contributed by atoms with Crippen molar-refractivity contribution < 1.29 is 4.74 Å². The van der Waals surface area contributed by atoms with E-state index in [0.717, 1.165) is 17.9 Å². The maximum atomic E-state index is 5.58. The van der Waals surface area contributed by atoms with Crippen molar-refractivity contribution in [2.75, 3.05) is 0 Å². The van der Waals surface area contributed by atoms with Crippen molar-refractivity contribution in [3.8, 4) is 11.5 Å². The standard InChI is InChI=1S/C13H10.C12H10O.Si/c1-4-10-6-2-8-12-9-3-7-11(5-1)13(10)12;1-3-7-11(8-4-1)13-12-9-5-2-6-10-12;/h1-8H,9H2;1-10H;. The molecular weight excluding hydrogens is 344 g/mol. The van der Waals surface area contributed by atoms with Gasteiger partial charge in [0.25, 0.3) is 0 Å². The van der Waals surface area contributed by atoms with Gasteiger partial charge >= 0.3 is 0 Å². The first-order valence-electron chi connectivity index (χ1n) is 8.85. The minimum atomic E-state index is 0. The second kappa shape index (κ2) is 9.02. The van der Waals surface area contributed by atoms with E-state index in [0.29, 0.717) is 0 Å². The Hall–Kier alpha value is -3.10. The molecule has 5 rings (SSSR count). The van der Waals surface area contributed by atoms with Gasteiger partial charge in [-0.25, -0.2) is 0 Å². The summed E-state index contributed by atoms with van der Waals surface area (Å²) >= 11 is 0. The third-order valence-electron chi connectivity index (χ3n) is 4.38. The average Bonchev–Trinajstić information content (AvgIpc) is 2.71. The summed E-state index contributed by atoms with van der Waals surface area (Å²) in [4.78, 5) is 0. The number of benzene rings is 4. The van der Waals surface area contributed by atoms with Crippen LogP contribution in [0.5, 0.6) is 11.5 Å². The lowest BCUT2D eigenvalue weighted by molar-refractivity contribution is 0.482. The van der Waals surface area contributed by atoms with Gasteiger partial charge < -0.3 is 4.74 Å². The van der Waals surface area contributed by atoms with Crippen LogP contribution in [-0.4, -0.2) is 11.0 Å². The molecule has 0 aliphatic heterocycles. The summed E-state index contributed by atoms with van der Waals surface area (Å²) in [6, 6.07) is 32.5. The van der Waals surface area contributed by atoms with Gasteiger partial charge in [0.2, 0.25) is 0 Å². The van der Waals surface area contributed by atoms with Crippen LogP contribution in [0.2, 0.25) is 0 Å². The van der Waals surface area contributed by atoms with Gasteiger partial charge in [-0.3, -0.25) is 0 Å². The van der Waals surface area contributed by atoms with E-state index >= 15 is 0 Å². The summed E-state index contributed by atoms with van der Waals surface area (Å²) < 4.78 is 5.58. The highest BCUT2D eigenvalue weighted by atomic mass is 28.1. The highest BCUT2D eigenvalue weighted by Crippen LogP contribution is 2.27. The minimum Gasteiger partial charge on any atom is -0.457 e. The molecule has 0 atom stereocenters. The molecule has 1 nitrogen and oxygen atoms in total. The van der Waals surface area contributed by atoms with Crippen LogP contribution in [0.1, 0.15) is 11.1 Å². The zero-order valence-corrected chi connectivity index (χ0v) is 16.0. The lowest BCUT2D eigenvalue weighted by atomic mass is 9.93. The third-order valence-corrected chi connectivity index (χ3v) is 4.38. The molecule has 0 amide bonds. The maximum absolute atomic E-state index is 5.58. The van der Waals surface area contributed by atoms with Crippen LogP contribution in [0, 0.1) is 0 Å². The van der Waals surface area contributed by atoms with Gasteiger partial charge in [-0.2, -0.15) is 0 Å². The smallest absolute Gasteiger partial charge is 0.127 e. The molecule has 0 saturated carbocycles. The van der Waals surface area contributed by atoms with Crippen LogP contribution in [0.15, 0.2) is 103 Å². The normalized spacial score (nSPS) is 11.1. The topological polar surface area (TPSA) is 9.23 Å². The predicted octanol–water partition coefficient (Wildman–Crippen LogP) is 6.51. The van der Waals surface area contributed by atoms with Gasteiger partial charge in [0.15, 0.2) is 0 Å². The van der Waals surface area contributed by atoms with Crippen molar-refractivity contribution >= 4 is 27.8 Å². The Balaban J connectivity index is 0.000000150. The van der Waals surface area contributed by atoms with E-state index in [-0.39, 0.29) is 11.0 Å². The maximum Gasteiger partial charge on any atom is 0.127 e. The molecule has 27 heavy (non-hydrogen) atoms. The Morgan fingerprint density at radius 3 is 1.81 bits per heavy atom. The molecular formula is C25H20OSi.